The van der Waals surface area contributed by atoms with Gasteiger partial charge in [0, 0.05) is 29.7 Å². The highest BCUT2D eigenvalue weighted by Gasteiger charge is 2.28. The molecule has 0 bridgehead atoms. The Morgan fingerprint density at radius 2 is 1.83 bits per heavy atom. The van der Waals surface area contributed by atoms with Gasteiger partial charge in [0.15, 0.2) is 0 Å². The molecule has 0 aromatic heterocycles. The van der Waals surface area contributed by atoms with Crippen molar-refractivity contribution in [3.8, 4) is 5.75 Å². The number of methoxy groups -OCH3 is 1. The van der Waals surface area contributed by atoms with E-state index in [-0.39, 0.29) is 24.2 Å². The molecule has 0 saturated heterocycles. The summed E-state index contributed by atoms with van der Waals surface area (Å²) in [6.45, 7) is 12.8. The van der Waals surface area contributed by atoms with E-state index in [1.165, 1.54) is 5.56 Å². The summed E-state index contributed by atoms with van der Waals surface area (Å²) in [7, 11) is 3.80. The smallest absolute Gasteiger partial charge is 0.123 e. The normalized spacial score (nSPS) is 15.0. The largest absolute Gasteiger partial charge is 0.496 e. The van der Waals surface area contributed by atoms with Crippen LogP contribution in [0.4, 0.5) is 0 Å². The maximum atomic E-state index is 9.86. The van der Waals surface area contributed by atoms with Crippen LogP contribution in [0.25, 0.3) is 0 Å². The Kier molecular flexibility index (Phi) is 7.52. The Morgan fingerprint density at radius 3 is 2.30 bits per heavy atom. The van der Waals surface area contributed by atoms with Gasteiger partial charge in [-0.15, -0.1) is 0 Å². The number of hydrogen-bond donors (Lipinski definition) is 1. The van der Waals surface area contributed by atoms with Gasteiger partial charge in [-0.3, -0.25) is 9.80 Å². The fourth-order valence-electron chi connectivity index (χ4n) is 2.89. The summed E-state index contributed by atoms with van der Waals surface area (Å²) in [5.41, 5.74) is 1.22. The van der Waals surface area contributed by atoms with E-state index in [0.29, 0.717) is 0 Å². The molecule has 1 aromatic rings. The second-order valence-corrected chi connectivity index (χ2v) is 7.12. The van der Waals surface area contributed by atoms with Crippen LogP contribution in [0.3, 0.4) is 0 Å². The minimum absolute atomic E-state index is 0.0283. The number of likely N-dealkylation sites (N-methyl/N-ethyl adjacent to an activating group) is 2. The van der Waals surface area contributed by atoms with Crippen LogP contribution in [0.2, 0.25) is 0 Å². The Hall–Kier alpha value is -1.10. The third-order valence-corrected chi connectivity index (χ3v) is 4.80. The van der Waals surface area contributed by atoms with Crippen LogP contribution in [0.5, 0.6) is 5.75 Å². The third kappa shape index (κ3) is 5.20. The summed E-state index contributed by atoms with van der Waals surface area (Å²) in [5.74, 6) is 0.920. The summed E-state index contributed by atoms with van der Waals surface area (Å²) < 4.78 is 5.51. The van der Waals surface area contributed by atoms with Crippen molar-refractivity contribution in [3.05, 3.63) is 29.8 Å². The van der Waals surface area contributed by atoms with Gasteiger partial charge in [0.2, 0.25) is 0 Å². The molecule has 0 aliphatic rings. The highest BCUT2D eigenvalue weighted by molar-refractivity contribution is 5.35. The number of hydrogen-bond acceptors (Lipinski definition) is 4. The van der Waals surface area contributed by atoms with Gasteiger partial charge in [-0.2, -0.15) is 0 Å². The Morgan fingerprint density at radius 1 is 1.22 bits per heavy atom. The first kappa shape index (κ1) is 19.9. The van der Waals surface area contributed by atoms with Crippen LogP contribution in [-0.4, -0.2) is 60.3 Å². The monoisotopic (exact) mass is 322 g/mol. The molecule has 0 aliphatic heterocycles. The molecule has 2 atom stereocenters. The molecule has 0 radical (unpaired) electrons. The van der Waals surface area contributed by atoms with E-state index < -0.39 is 0 Å². The number of aliphatic hydroxyl groups is 1. The van der Waals surface area contributed by atoms with Gasteiger partial charge in [-0.25, -0.2) is 0 Å². The summed E-state index contributed by atoms with van der Waals surface area (Å²) in [5, 5.41) is 9.86. The van der Waals surface area contributed by atoms with Gasteiger partial charge in [-0.05, 0) is 47.4 Å². The highest BCUT2D eigenvalue weighted by Crippen LogP contribution is 2.29. The van der Waals surface area contributed by atoms with Crippen molar-refractivity contribution >= 4 is 0 Å². The summed E-state index contributed by atoms with van der Waals surface area (Å²) >= 11 is 0. The van der Waals surface area contributed by atoms with Crippen LogP contribution in [0.1, 0.15) is 46.2 Å². The van der Waals surface area contributed by atoms with Crippen LogP contribution in [0, 0.1) is 0 Å². The molecule has 0 fully saturated rings. The lowest BCUT2D eigenvalue weighted by Crippen LogP contribution is -2.52. The van der Waals surface area contributed by atoms with Crippen molar-refractivity contribution in [2.24, 2.45) is 0 Å². The first-order chi connectivity index (χ1) is 10.8. The summed E-state index contributed by atoms with van der Waals surface area (Å²) in [6, 6.07) is 8.51. The average Bonchev–Trinajstić information content (AvgIpc) is 2.54. The van der Waals surface area contributed by atoms with Crippen molar-refractivity contribution in [3.63, 3.8) is 0 Å². The van der Waals surface area contributed by atoms with Gasteiger partial charge < -0.3 is 9.84 Å². The molecule has 0 aliphatic carbocycles. The zero-order chi connectivity index (χ0) is 17.6. The average molecular weight is 322 g/mol. The number of nitrogens with zero attached hydrogens (tertiary/aromatic N) is 2. The van der Waals surface area contributed by atoms with E-state index in [0.717, 1.165) is 18.8 Å². The molecule has 1 rings (SSSR count). The standard InChI is InChI=1S/C19H34N2O2/c1-8-21(13-16(14-22)20(6)19(3,4)5)15(2)17-11-9-10-12-18(17)23-7/h9-12,15-16,22H,8,13-14H2,1-7H3/t15-,16-/m0/s1. The van der Waals surface area contributed by atoms with Crippen molar-refractivity contribution in [2.45, 2.75) is 52.2 Å². The first-order valence-electron chi connectivity index (χ1n) is 8.47. The quantitative estimate of drug-likeness (QED) is 0.797. The molecule has 0 saturated carbocycles. The molecule has 0 unspecified atom stereocenters. The number of para-hydroxylation sites is 1. The molecule has 23 heavy (non-hydrogen) atoms. The highest BCUT2D eigenvalue weighted by atomic mass is 16.5. The Bertz CT molecular complexity index is 471. The zero-order valence-corrected chi connectivity index (χ0v) is 15.8. The molecule has 0 heterocycles. The van der Waals surface area contributed by atoms with Crippen LogP contribution < -0.4 is 4.74 Å². The number of rotatable bonds is 8. The lowest BCUT2D eigenvalue weighted by atomic mass is 10.0. The van der Waals surface area contributed by atoms with Gasteiger partial charge in [0.1, 0.15) is 5.75 Å². The second-order valence-electron chi connectivity index (χ2n) is 7.12. The SMILES string of the molecule is CCN(C[C@@H](CO)N(C)C(C)(C)C)[C@@H](C)c1ccccc1OC. The summed E-state index contributed by atoms with van der Waals surface area (Å²) in [4.78, 5) is 4.64. The first-order valence-corrected chi connectivity index (χ1v) is 8.47. The molecule has 132 valence electrons. The lowest BCUT2D eigenvalue weighted by Gasteiger charge is -2.41. The number of aliphatic hydroxyl groups excluding tert-OH is 1. The van der Waals surface area contributed by atoms with Gasteiger partial charge >= 0.3 is 0 Å². The molecular formula is C19H34N2O2. The zero-order valence-electron chi connectivity index (χ0n) is 15.8. The van der Waals surface area contributed by atoms with Gasteiger partial charge in [-0.1, -0.05) is 25.1 Å². The second kappa shape index (κ2) is 8.67. The predicted octanol–water partition coefficient (Wildman–Crippen LogP) is 3.17. The van der Waals surface area contributed by atoms with Crippen molar-refractivity contribution in [1.82, 2.24) is 9.80 Å². The van der Waals surface area contributed by atoms with Crippen LogP contribution in [-0.2, 0) is 0 Å². The fraction of sp³-hybridized carbons (Fsp3) is 0.684. The lowest BCUT2D eigenvalue weighted by molar-refractivity contribution is 0.0394. The van der Waals surface area contributed by atoms with E-state index >= 15 is 0 Å². The fourth-order valence-corrected chi connectivity index (χ4v) is 2.89. The topological polar surface area (TPSA) is 35.9 Å². The number of benzene rings is 1. The van der Waals surface area contributed by atoms with Crippen molar-refractivity contribution in [1.29, 1.82) is 0 Å². The molecule has 1 N–H and O–H groups in total. The molecule has 4 nitrogen and oxygen atoms in total. The minimum Gasteiger partial charge on any atom is -0.496 e. The molecule has 0 spiro atoms. The van der Waals surface area contributed by atoms with Crippen LogP contribution in [0.15, 0.2) is 24.3 Å². The van der Waals surface area contributed by atoms with E-state index in [4.69, 9.17) is 4.74 Å². The van der Waals surface area contributed by atoms with E-state index in [1.54, 1.807) is 7.11 Å². The third-order valence-electron chi connectivity index (χ3n) is 4.80. The molecule has 1 aromatic carbocycles. The van der Waals surface area contributed by atoms with Crippen molar-refractivity contribution in [2.75, 3.05) is 33.9 Å². The van der Waals surface area contributed by atoms with Crippen molar-refractivity contribution < 1.29 is 9.84 Å². The van der Waals surface area contributed by atoms with Gasteiger partial charge in [0.25, 0.3) is 0 Å². The minimum atomic E-state index is 0.0283. The summed E-state index contributed by atoms with van der Waals surface area (Å²) in [6.07, 6.45) is 0. The van der Waals surface area contributed by atoms with Gasteiger partial charge in [0.05, 0.1) is 13.7 Å². The van der Waals surface area contributed by atoms with E-state index in [9.17, 15) is 5.11 Å². The maximum Gasteiger partial charge on any atom is 0.123 e. The Balaban J connectivity index is 2.94. The predicted molar refractivity (Wildman–Crippen MR) is 97.0 cm³/mol. The van der Waals surface area contributed by atoms with E-state index in [2.05, 4.69) is 57.5 Å². The maximum absolute atomic E-state index is 9.86. The molecule has 0 amide bonds. The number of ether oxygens (including phenoxy) is 1. The van der Waals surface area contributed by atoms with E-state index in [1.807, 2.05) is 18.2 Å². The van der Waals surface area contributed by atoms with Crippen LogP contribution >= 0.6 is 0 Å². The molecule has 4 heteroatoms. The molecular weight excluding hydrogens is 288 g/mol. The Labute approximate surface area is 142 Å².